The number of nitrogens with one attached hydrogen (secondary N) is 2. The van der Waals surface area contributed by atoms with Gasteiger partial charge in [-0.25, -0.2) is 4.68 Å². The van der Waals surface area contributed by atoms with Crippen molar-refractivity contribution in [2.45, 2.75) is 37.3 Å². The zero-order valence-corrected chi connectivity index (χ0v) is 14.2. The van der Waals surface area contributed by atoms with Crippen LogP contribution in [-0.4, -0.2) is 40.0 Å². The first-order valence-corrected chi connectivity index (χ1v) is 8.29. The van der Waals surface area contributed by atoms with Gasteiger partial charge in [0.1, 0.15) is 0 Å². The average molecular weight is 348 g/mol. The Balaban J connectivity index is 0.00000169. The second kappa shape index (κ2) is 7.32. The number of hydrogen-bond acceptors (Lipinski definition) is 4. The molecule has 6 nitrogen and oxygen atoms in total. The number of hydrogen-bond donors (Lipinski definition) is 2. The molecule has 1 saturated carbocycles. The van der Waals surface area contributed by atoms with Crippen molar-refractivity contribution in [1.82, 2.24) is 25.6 Å². The summed E-state index contributed by atoms with van der Waals surface area (Å²) in [6.45, 7) is 1.99. The summed E-state index contributed by atoms with van der Waals surface area (Å²) < 4.78 is 1.84. The van der Waals surface area contributed by atoms with Crippen LogP contribution in [0, 0.1) is 0 Å². The number of nitrogens with zero attached hydrogens (tertiary/aromatic N) is 3. The summed E-state index contributed by atoms with van der Waals surface area (Å²) in [5.41, 5.74) is 1.71. The van der Waals surface area contributed by atoms with Gasteiger partial charge in [-0.05, 0) is 37.9 Å². The van der Waals surface area contributed by atoms with Crippen LogP contribution in [-0.2, 0) is 0 Å². The molecule has 1 aromatic carbocycles. The van der Waals surface area contributed by atoms with Crippen LogP contribution >= 0.6 is 12.4 Å². The van der Waals surface area contributed by atoms with Gasteiger partial charge < -0.3 is 10.6 Å². The molecule has 2 aromatic rings. The maximum atomic E-state index is 12.3. The van der Waals surface area contributed by atoms with Crippen molar-refractivity contribution in [2.24, 2.45) is 0 Å². The molecule has 1 saturated heterocycles. The molecule has 0 radical (unpaired) electrons. The average Bonchev–Trinajstić information content (AvgIpc) is 3.19. The molecule has 4 rings (SSSR count). The topological polar surface area (TPSA) is 71.8 Å². The minimum absolute atomic E-state index is 0. The Kier molecular flexibility index (Phi) is 5.16. The Bertz CT molecular complexity index is 683. The van der Waals surface area contributed by atoms with Gasteiger partial charge >= 0.3 is 0 Å². The van der Waals surface area contributed by atoms with Crippen LogP contribution in [0.25, 0.3) is 0 Å². The van der Waals surface area contributed by atoms with E-state index in [-0.39, 0.29) is 24.4 Å². The summed E-state index contributed by atoms with van der Waals surface area (Å²) in [7, 11) is 0. The number of rotatable bonds is 4. The first-order chi connectivity index (χ1) is 11.3. The maximum absolute atomic E-state index is 12.3. The minimum Gasteiger partial charge on any atom is -0.347 e. The summed E-state index contributed by atoms with van der Waals surface area (Å²) in [6.07, 6.45) is 4.84. The van der Waals surface area contributed by atoms with Crippen LogP contribution in [0.1, 0.15) is 47.3 Å². The van der Waals surface area contributed by atoms with Gasteiger partial charge in [-0.1, -0.05) is 35.5 Å². The first kappa shape index (κ1) is 16.9. The Morgan fingerprint density at radius 3 is 2.71 bits per heavy atom. The highest BCUT2D eigenvalue weighted by Gasteiger charge is 2.39. The number of carbonyl (C=O) groups excluding carboxylic acids is 1. The molecule has 2 aliphatic rings. The van der Waals surface area contributed by atoms with Gasteiger partial charge in [-0.2, -0.15) is 0 Å². The van der Waals surface area contributed by atoms with E-state index < -0.39 is 0 Å². The number of halogens is 1. The fourth-order valence-electron chi connectivity index (χ4n) is 3.30. The molecule has 0 bridgehead atoms. The van der Waals surface area contributed by atoms with E-state index in [1.54, 1.807) is 6.20 Å². The molecule has 7 heteroatoms. The van der Waals surface area contributed by atoms with Crippen molar-refractivity contribution in [3.8, 4) is 0 Å². The van der Waals surface area contributed by atoms with E-state index in [2.05, 4.69) is 33.1 Å². The first-order valence-electron chi connectivity index (χ1n) is 8.29. The second-order valence-electron chi connectivity index (χ2n) is 6.40. The van der Waals surface area contributed by atoms with Crippen LogP contribution in [0.3, 0.4) is 0 Å². The molecule has 1 aromatic heterocycles. The zero-order valence-electron chi connectivity index (χ0n) is 13.4. The molecular formula is C17H22ClN5O. The number of amides is 1. The molecular weight excluding hydrogens is 326 g/mol. The van der Waals surface area contributed by atoms with E-state index in [1.165, 1.54) is 5.56 Å². The Morgan fingerprint density at radius 2 is 1.96 bits per heavy atom. The molecule has 1 aliphatic heterocycles. The van der Waals surface area contributed by atoms with Gasteiger partial charge in [-0.3, -0.25) is 4.79 Å². The van der Waals surface area contributed by atoms with Crippen LogP contribution in [0.2, 0.25) is 0 Å². The third-order valence-electron chi connectivity index (χ3n) is 4.76. The third kappa shape index (κ3) is 3.60. The number of benzene rings is 1. The molecule has 2 unspecified atom stereocenters. The van der Waals surface area contributed by atoms with Gasteiger partial charge in [0.05, 0.1) is 12.2 Å². The van der Waals surface area contributed by atoms with E-state index in [4.69, 9.17) is 0 Å². The lowest BCUT2D eigenvalue weighted by atomic mass is 10.1. The summed E-state index contributed by atoms with van der Waals surface area (Å²) in [4.78, 5) is 12.3. The highest BCUT2D eigenvalue weighted by Crippen LogP contribution is 2.40. The Morgan fingerprint density at radius 1 is 1.21 bits per heavy atom. The maximum Gasteiger partial charge on any atom is 0.273 e. The molecule has 2 heterocycles. The third-order valence-corrected chi connectivity index (χ3v) is 4.76. The molecule has 24 heavy (non-hydrogen) atoms. The van der Waals surface area contributed by atoms with Crippen molar-refractivity contribution in [1.29, 1.82) is 0 Å². The highest BCUT2D eigenvalue weighted by atomic mass is 35.5. The highest BCUT2D eigenvalue weighted by molar-refractivity contribution is 5.92. The smallest absolute Gasteiger partial charge is 0.273 e. The fourth-order valence-corrected chi connectivity index (χ4v) is 3.30. The quantitative estimate of drug-likeness (QED) is 0.886. The molecule has 2 fully saturated rings. The van der Waals surface area contributed by atoms with Gasteiger partial charge in [0.15, 0.2) is 5.69 Å². The molecule has 128 valence electrons. The number of aromatic nitrogens is 3. The van der Waals surface area contributed by atoms with E-state index in [0.29, 0.717) is 17.7 Å². The predicted octanol–water partition coefficient (Wildman–Crippen LogP) is 1.91. The van der Waals surface area contributed by atoms with Crippen LogP contribution in [0.4, 0.5) is 0 Å². The van der Waals surface area contributed by atoms with E-state index in [1.807, 2.05) is 22.9 Å². The summed E-state index contributed by atoms with van der Waals surface area (Å²) in [5.74, 6) is 0.313. The number of piperidine rings is 1. The lowest BCUT2D eigenvalue weighted by Gasteiger charge is -2.22. The monoisotopic (exact) mass is 347 g/mol. The molecule has 1 amide bonds. The predicted molar refractivity (Wildman–Crippen MR) is 93.5 cm³/mol. The molecule has 2 atom stereocenters. The van der Waals surface area contributed by atoms with Gasteiger partial charge in [0.2, 0.25) is 0 Å². The van der Waals surface area contributed by atoms with E-state index in [0.717, 1.165) is 32.4 Å². The van der Waals surface area contributed by atoms with Crippen molar-refractivity contribution in [3.63, 3.8) is 0 Å². The number of carbonyl (C=O) groups is 1. The summed E-state index contributed by atoms with van der Waals surface area (Å²) in [5, 5.41) is 14.6. The largest absolute Gasteiger partial charge is 0.347 e. The van der Waals surface area contributed by atoms with Gasteiger partial charge in [0.25, 0.3) is 5.91 Å². The lowest BCUT2D eigenvalue weighted by Crippen LogP contribution is -2.29. The minimum atomic E-state index is -0.117. The zero-order chi connectivity index (χ0) is 15.6. The van der Waals surface area contributed by atoms with Gasteiger partial charge in [0, 0.05) is 12.0 Å². The van der Waals surface area contributed by atoms with Crippen LogP contribution < -0.4 is 10.6 Å². The molecule has 0 spiro atoms. The van der Waals surface area contributed by atoms with Crippen molar-refractivity contribution in [2.75, 3.05) is 13.1 Å². The normalized spacial score (nSPS) is 23.3. The lowest BCUT2D eigenvalue weighted by molar-refractivity contribution is 0.0945. The van der Waals surface area contributed by atoms with Crippen LogP contribution in [0.5, 0.6) is 0 Å². The summed E-state index contributed by atoms with van der Waals surface area (Å²) in [6, 6.07) is 10.9. The second-order valence-corrected chi connectivity index (χ2v) is 6.40. The SMILES string of the molecule is Cl.O=C(NC1CC1c1ccccc1)c1cn(C2CCNCC2)nn1. The Labute approximate surface area is 147 Å². The van der Waals surface area contributed by atoms with Crippen molar-refractivity contribution in [3.05, 3.63) is 47.8 Å². The van der Waals surface area contributed by atoms with Gasteiger partial charge in [-0.15, -0.1) is 17.5 Å². The van der Waals surface area contributed by atoms with Crippen molar-refractivity contribution < 1.29 is 4.79 Å². The summed E-state index contributed by atoms with van der Waals surface area (Å²) >= 11 is 0. The van der Waals surface area contributed by atoms with E-state index >= 15 is 0 Å². The van der Waals surface area contributed by atoms with Crippen molar-refractivity contribution >= 4 is 18.3 Å². The molecule has 1 aliphatic carbocycles. The Hall–Kier alpha value is -1.92. The van der Waals surface area contributed by atoms with Crippen LogP contribution in [0.15, 0.2) is 36.5 Å². The standard InChI is InChI=1S/C17H21N5O.ClH/c23-17(19-15-10-14(15)12-4-2-1-3-5-12)16-11-22(21-20-16)13-6-8-18-9-7-13;/h1-5,11,13-15,18H,6-10H2,(H,19,23);1H. The fraction of sp³-hybridized carbons (Fsp3) is 0.471. The molecule has 2 N–H and O–H groups in total. The van der Waals surface area contributed by atoms with E-state index in [9.17, 15) is 4.79 Å².